The summed E-state index contributed by atoms with van der Waals surface area (Å²) in [5, 5.41) is 10.1. The summed E-state index contributed by atoms with van der Waals surface area (Å²) in [4.78, 5) is 0. The molecule has 2 N–H and O–H groups in total. The van der Waals surface area contributed by atoms with Crippen LogP contribution in [0.5, 0.6) is 11.6 Å². The number of benzene rings is 2. The maximum absolute atomic E-state index is 6.08. The summed E-state index contributed by atoms with van der Waals surface area (Å²) in [6.07, 6.45) is 1.68. The zero-order valence-electron chi connectivity index (χ0n) is 9.88. The van der Waals surface area contributed by atoms with Crippen molar-refractivity contribution in [2.45, 2.75) is 0 Å². The molecular weight excluding hydrogens is 262 g/mol. The van der Waals surface area contributed by atoms with Crippen LogP contribution in [0.2, 0.25) is 5.02 Å². The molecule has 0 radical (unpaired) electrons. The highest BCUT2D eigenvalue weighted by atomic mass is 35.5. The van der Waals surface area contributed by atoms with Gasteiger partial charge in [-0.3, -0.25) is 0 Å². The van der Waals surface area contributed by atoms with Crippen molar-refractivity contribution in [2.24, 2.45) is 0 Å². The largest absolute Gasteiger partial charge is 0.433 e. The lowest BCUT2D eigenvalue weighted by atomic mass is 10.2. The third-order valence-electron chi connectivity index (χ3n) is 2.73. The monoisotopic (exact) mass is 271 g/mol. The van der Waals surface area contributed by atoms with Crippen LogP contribution in [0.1, 0.15) is 0 Å². The predicted octanol–water partition coefficient (Wildman–Crippen LogP) is 3.66. The number of hydrogen-bond donors (Lipinski definition) is 1. The third-order valence-corrected chi connectivity index (χ3v) is 3.03. The van der Waals surface area contributed by atoms with E-state index in [1.807, 2.05) is 24.3 Å². The number of ether oxygens (including phenoxy) is 1. The van der Waals surface area contributed by atoms with Crippen LogP contribution >= 0.6 is 11.6 Å². The molecule has 3 aromatic rings. The maximum atomic E-state index is 6.08. The number of halogens is 1. The Bertz CT molecular complexity index is 720. The minimum atomic E-state index is 0.387. The molecule has 0 bridgehead atoms. The van der Waals surface area contributed by atoms with Crippen molar-refractivity contribution in [3.8, 4) is 11.6 Å². The van der Waals surface area contributed by atoms with E-state index in [1.54, 1.807) is 24.4 Å². The highest BCUT2D eigenvalue weighted by Gasteiger charge is 2.10. The smallest absolute Gasteiger partial charge is 0.246 e. The normalized spacial score (nSPS) is 10.6. The van der Waals surface area contributed by atoms with Gasteiger partial charge < -0.3 is 10.5 Å². The van der Waals surface area contributed by atoms with Crippen LogP contribution in [0.15, 0.2) is 48.7 Å². The van der Waals surface area contributed by atoms with Crippen LogP contribution in [0, 0.1) is 0 Å². The molecule has 0 unspecified atom stereocenters. The average molecular weight is 272 g/mol. The number of fused-ring (bicyclic) bond motifs is 1. The summed E-state index contributed by atoms with van der Waals surface area (Å²) in [5.41, 5.74) is 6.32. The summed E-state index contributed by atoms with van der Waals surface area (Å²) >= 11 is 6.08. The average Bonchev–Trinajstić information content (AvgIpc) is 2.43. The predicted molar refractivity (Wildman–Crippen MR) is 75.5 cm³/mol. The first-order chi connectivity index (χ1) is 9.25. The van der Waals surface area contributed by atoms with Crippen molar-refractivity contribution >= 4 is 28.1 Å². The molecule has 0 aliphatic heterocycles. The molecule has 2 aromatic carbocycles. The lowest BCUT2D eigenvalue weighted by Gasteiger charge is -2.10. The van der Waals surface area contributed by atoms with Gasteiger partial charge in [-0.05, 0) is 18.2 Å². The maximum Gasteiger partial charge on any atom is 0.246 e. The van der Waals surface area contributed by atoms with Crippen LogP contribution in [0.4, 0.5) is 5.69 Å². The van der Waals surface area contributed by atoms with Gasteiger partial charge in [-0.25, -0.2) is 0 Å². The number of para-hydroxylation sites is 1. The fourth-order valence-electron chi connectivity index (χ4n) is 1.81. The Hall–Kier alpha value is -2.33. The number of anilines is 1. The van der Waals surface area contributed by atoms with Crippen molar-refractivity contribution in [1.29, 1.82) is 0 Å². The van der Waals surface area contributed by atoms with Crippen molar-refractivity contribution in [2.75, 3.05) is 5.73 Å². The van der Waals surface area contributed by atoms with Gasteiger partial charge in [-0.1, -0.05) is 35.9 Å². The molecular formula is C14H10ClN3O. The number of nitrogens with zero attached hydrogens (tertiary/aromatic N) is 2. The molecule has 0 spiro atoms. The van der Waals surface area contributed by atoms with Crippen LogP contribution in [-0.4, -0.2) is 10.2 Å². The van der Waals surface area contributed by atoms with Crippen LogP contribution in [0.25, 0.3) is 10.8 Å². The molecule has 0 atom stereocenters. The van der Waals surface area contributed by atoms with E-state index in [1.165, 1.54) is 0 Å². The van der Waals surface area contributed by atoms with Gasteiger partial charge in [0.25, 0.3) is 0 Å². The van der Waals surface area contributed by atoms with Gasteiger partial charge in [-0.2, -0.15) is 5.10 Å². The van der Waals surface area contributed by atoms with Gasteiger partial charge in [0.1, 0.15) is 0 Å². The van der Waals surface area contributed by atoms with Gasteiger partial charge in [0, 0.05) is 10.8 Å². The van der Waals surface area contributed by atoms with E-state index in [0.717, 1.165) is 10.8 Å². The summed E-state index contributed by atoms with van der Waals surface area (Å²) in [6, 6.07) is 12.9. The van der Waals surface area contributed by atoms with E-state index >= 15 is 0 Å². The van der Waals surface area contributed by atoms with E-state index in [0.29, 0.717) is 22.3 Å². The number of rotatable bonds is 2. The fourth-order valence-corrected chi connectivity index (χ4v) is 2.03. The lowest BCUT2D eigenvalue weighted by Crippen LogP contribution is -1.96. The summed E-state index contributed by atoms with van der Waals surface area (Å²) in [6.45, 7) is 0. The summed E-state index contributed by atoms with van der Waals surface area (Å²) in [5.74, 6) is 0.785. The molecule has 0 saturated carbocycles. The van der Waals surface area contributed by atoms with E-state index in [-0.39, 0.29) is 0 Å². The Morgan fingerprint density at radius 3 is 2.74 bits per heavy atom. The van der Waals surface area contributed by atoms with Gasteiger partial charge in [0.05, 0.1) is 16.9 Å². The van der Waals surface area contributed by atoms with Crippen molar-refractivity contribution in [1.82, 2.24) is 10.2 Å². The Balaban J connectivity index is 2.11. The molecule has 0 amide bonds. The van der Waals surface area contributed by atoms with Gasteiger partial charge in [0.2, 0.25) is 5.88 Å². The number of nitrogen functional groups attached to an aromatic ring is 1. The van der Waals surface area contributed by atoms with E-state index in [9.17, 15) is 0 Å². The van der Waals surface area contributed by atoms with Crippen LogP contribution in [-0.2, 0) is 0 Å². The molecule has 1 aromatic heterocycles. The SMILES string of the molecule is Nc1cccc(Cl)c1Oc1nncc2ccccc12. The molecule has 4 nitrogen and oxygen atoms in total. The second kappa shape index (κ2) is 4.74. The van der Waals surface area contributed by atoms with Gasteiger partial charge >= 0.3 is 0 Å². The zero-order chi connectivity index (χ0) is 13.2. The molecule has 1 heterocycles. The first-order valence-corrected chi connectivity index (χ1v) is 6.06. The fraction of sp³-hybridized carbons (Fsp3) is 0. The van der Waals surface area contributed by atoms with Crippen molar-refractivity contribution < 1.29 is 4.74 Å². The molecule has 0 saturated heterocycles. The molecule has 19 heavy (non-hydrogen) atoms. The Kier molecular flexibility index (Phi) is 2.93. The van der Waals surface area contributed by atoms with Crippen LogP contribution in [0.3, 0.4) is 0 Å². The summed E-state index contributed by atoms with van der Waals surface area (Å²) < 4.78 is 5.72. The molecule has 0 aliphatic rings. The minimum Gasteiger partial charge on any atom is -0.433 e. The molecule has 3 rings (SSSR count). The first-order valence-electron chi connectivity index (χ1n) is 5.68. The Morgan fingerprint density at radius 1 is 1.05 bits per heavy atom. The highest BCUT2D eigenvalue weighted by Crippen LogP contribution is 2.35. The number of aromatic nitrogens is 2. The topological polar surface area (TPSA) is 61.0 Å². The van der Waals surface area contributed by atoms with E-state index in [4.69, 9.17) is 22.1 Å². The highest BCUT2D eigenvalue weighted by molar-refractivity contribution is 6.32. The van der Waals surface area contributed by atoms with Crippen molar-refractivity contribution in [3.63, 3.8) is 0 Å². The number of hydrogen-bond acceptors (Lipinski definition) is 4. The number of nitrogens with two attached hydrogens (primary N) is 1. The summed E-state index contributed by atoms with van der Waals surface area (Å²) in [7, 11) is 0. The molecule has 0 fully saturated rings. The van der Waals surface area contributed by atoms with Crippen molar-refractivity contribution in [3.05, 3.63) is 53.7 Å². The zero-order valence-corrected chi connectivity index (χ0v) is 10.6. The first kappa shape index (κ1) is 11.7. The third kappa shape index (κ3) is 2.18. The van der Waals surface area contributed by atoms with Gasteiger partial charge in [0.15, 0.2) is 5.75 Å². The molecule has 5 heteroatoms. The Labute approximate surface area is 114 Å². The second-order valence-electron chi connectivity index (χ2n) is 4.00. The van der Waals surface area contributed by atoms with Crippen LogP contribution < -0.4 is 10.5 Å². The van der Waals surface area contributed by atoms with E-state index in [2.05, 4.69) is 10.2 Å². The lowest BCUT2D eigenvalue weighted by molar-refractivity contribution is 0.464. The molecule has 94 valence electrons. The Morgan fingerprint density at radius 2 is 1.89 bits per heavy atom. The molecule has 0 aliphatic carbocycles. The second-order valence-corrected chi connectivity index (χ2v) is 4.40. The standard InChI is InChI=1S/C14H10ClN3O/c15-11-6-3-7-12(16)13(11)19-14-10-5-2-1-4-9(10)8-17-18-14/h1-8H,16H2. The minimum absolute atomic E-state index is 0.387. The van der Waals surface area contributed by atoms with Gasteiger partial charge in [-0.15, -0.1) is 5.10 Å². The quantitative estimate of drug-likeness (QED) is 0.723. The van der Waals surface area contributed by atoms with E-state index < -0.39 is 0 Å².